The zero-order valence-corrected chi connectivity index (χ0v) is 13.1. The van der Waals surface area contributed by atoms with Crippen molar-refractivity contribution in [1.29, 1.82) is 0 Å². The summed E-state index contributed by atoms with van der Waals surface area (Å²) in [5, 5.41) is 6.95. The van der Waals surface area contributed by atoms with Crippen molar-refractivity contribution in [3.05, 3.63) is 30.0 Å². The van der Waals surface area contributed by atoms with Gasteiger partial charge in [0.25, 0.3) is 0 Å². The van der Waals surface area contributed by atoms with Crippen LogP contribution >= 0.6 is 11.8 Å². The first kappa shape index (κ1) is 13.4. The molecular formula is C17H20N2OS. The molecule has 1 aromatic heterocycles. The molecule has 0 spiro atoms. The first-order valence-corrected chi connectivity index (χ1v) is 8.76. The van der Waals surface area contributed by atoms with Crippen LogP contribution in [-0.2, 0) is 7.05 Å². The Morgan fingerprint density at radius 2 is 2.05 bits per heavy atom. The minimum absolute atomic E-state index is 0.225. The van der Waals surface area contributed by atoms with Crippen LogP contribution in [0.3, 0.4) is 0 Å². The quantitative estimate of drug-likeness (QED) is 0.791. The van der Waals surface area contributed by atoms with E-state index in [1.54, 1.807) is 4.68 Å². The van der Waals surface area contributed by atoms with Crippen molar-refractivity contribution in [2.45, 2.75) is 42.6 Å². The summed E-state index contributed by atoms with van der Waals surface area (Å²) in [6.07, 6.45) is 8.07. The topological polar surface area (TPSA) is 34.9 Å². The molecule has 2 aliphatic heterocycles. The third-order valence-electron chi connectivity index (χ3n) is 4.81. The van der Waals surface area contributed by atoms with E-state index >= 15 is 0 Å². The molecule has 21 heavy (non-hydrogen) atoms. The van der Waals surface area contributed by atoms with Crippen molar-refractivity contribution in [3.63, 3.8) is 0 Å². The second-order valence-corrected chi connectivity index (χ2v) is 8.03. The lowest BCUT2D eigenvalue weighted by Gasteiger charge is -2.37. The Balaban J connectivity index is 1.60. The number of thioether (sulfide) groups is 1. The van der Waals surface area contributed by atoms with Crippen LogP contribution in [0.5, 0.6) is 0 Å². The van der Waals surface area contributed by atoms with Gasteiger partial charge in [-0.3, -0.25) is 9.48 Å². The fourth-order valence-electron chi connectivity index (χ4n) is 3.80. The fourth-order valence-corrected chi connectivity index (χ4v) is 5.64. The molecule has 110 valence electrons. The number of hydrogen-bond acceptors (Lipinski definition) is 3. The van der Waals surface area contributed by atoms with Crippen LogP contribution in [0.15, 0.2) is 24.4 Å². The first-order valence-electron chi connectivity index (χ1n) is 7.82. The van der Waals surface area contributed by atoms with Gasteiger partial charge in [-0.05, 0) is 31.7 Å². The Hall–Kier alpha value is -1.29. The molecule has 0 radical (unpaired) electrons. The summed E-state index contributed by atoms with van der Waals surface area (Å²) in [7, 11) is 1.92. The molecule has 2 saturated heterocycles. The zero-order valence-electron chi connectivity index (χ0n) is 12.3. The molecule has 3 nitrogen and oxygen atoms in total. The van der Waals surface area contributed by atoms with E-state index in [0.717, 1.165) is 29.3 Å². The molecule has 2 aliphatic rings. The third-order valence-corrected chi connectivity index (χ3v) is 6.44. The molecule has 0 amide bonds. The van der Waals surface area contributed by atoms with Crippen LogP contribution in [0, 0.1) is 5.92 Å². The Morgan fingerprint density at radius 3 is 2.81 bits per heavy atom. The number of ketones is 1. The van der Waals surface area contributed by atoms with Gasteiger partial charge in [0.2, 0.25) is 0 Å². The van der Waals surface area contributed by atoms with Crippen molar-refractivity contribution in [2.24, 2.45) is 13.0 Å². The second-order valence-electron chi connectivity index (χ2n) is 6.42. The van der Waals surface area contributed by atoms with Crippen LogP contribution in [0.4, 0.5) is 0 Å². The summed E-state index contributed by atoms with van der Waals surface area (Å²) in [5.74, 6) is 0.558. The first-order chi connectivity index (χ1) is 10.2. The maximum absolute atomic E-state index is 12.8. The molecule has 1 aromatic carbocycles. The normalized spacial score (nSPS) is 28.7. The predicted molar refractivity (Wildman–Crippen MR) is 86.8 cm³/mol. The van der Waals surface area contributed by atoms with Crippen molar-refractivity contribution in [2.75, 3.05) is 0 Å². The highest BCUT2D eigenvalue weighted by Gasteiger charge is 2.35. The Kier molecular flexibility index (Phi) is 3.29. The molecule has 0 aliphatic carbocycles. The smallest absolute Gasteiger partial charge is 0.166 e. The highest BCUT2D eigenvalue weighted by atomic mass is 32.2. The summed E-state index contributed by atoms with van der Waals surface area (Å²) in [4.78, 5) is 12.8. The number of Topliss-reactive ketones (excluding diaryl/α,β-unsaturated/α-hetero) is 1. The van der Waals surface area contributed by atoms with Gasteiger partial charge in [0.05, 0.1) is 5.52 Å². The van der Waals surface area contributed by atoms with Crippen molar-refractivity contribution >= 4 is 28.4 Å². The maximum atomic E-state index is 12.8. The molecular weight excluding hydrogens is 280 g/mol. The van der Waals surface area contributed by atoms with Gasteiger partial charge in [0.15, 0.2) is 5.78 Å². The Bertz CT molecular complexity index is 681. The number of hydrogen-bond donors (Lipinski definition) is 0. The number of carbonyl (C=O) groups is 1. The van der Waals surface area contributed by atoms with Gasteiger partial charge in [-0.1, -0.05) is 18.6 Å². The molecule has 2 atom stereocenters. The monoisotopic (exact) mass is 300 g/mol. The number of carbonyl (C=O) groups excluding carboxylic acids is 1. The minimum atomic E-state index is 0.225. The molecule has 2 fully saturated rings. The summed E-state index contributed by atoms with van der Waals surface area (Å²) in [6, 6.07) is 5.97. The zero-order chi connectivity index (χ0) is 14.4. The maximum Gasteiger partial charge on any atom is 0.166 e. The van der Waals surface area contributed by atoms with E-state index < -0.39 is 0 Å². The van der Waals surface area contributed by atoms with Gasteiger partial charge in [0, 0.05) is 40.6 Å². The lowest BCUT2D eigenvalue weighted by atomic mass is 9.84. The predicted octanol–water partition coefficient (Wildman–Crippen LogP) is 3.82. The van der Waals surface area contributed by atoms with Gasteiger partial charge in [-0.15, -0.1) is 0 Å². The lowest BCUT2D eigenvalue weighted by molar-refractivity contribution is 0.0897. The van der Waals surface area contributed by atoms with Gasteiger partial charge in [-0.2, -0.15) is 16.9 Å². The number of benzene rings is 1. The van der Waals surface area contributed by atoms with Gasteiger partial charge < -0.3 is 0 Å². The van der Waals surface area contributed by atoms with E-state index in [0.29, 0.717) is 16.3 Å². The van der Waals surface area contributed by atoms with Gasteiger partial charge >= 0.3 is 0 Å². The molecule has 2 unspecified atom stereocenters. The molecule has 2 bridgehead atoms. The number of aryl methyl sites for hydroxylation is 1. The highest BCUT2D eigenvalue weighted by Crippen LogP contribution is 2.44. The fraction of sp³-hybridized carbons (Fsp3) is 0.529. The number of nitrogens with zero attached hydrogens (tertiary/aromatic N) is 2. The summed E-state index contributed by atoms with van der Waals surface area (Å²) in [6.45, 7) is 0. The summed E-state index contributed by atoms with van der Waals surface area (Å²) < 4.78 is 1.81. The van der Waals surface area contributed by atoms with E-state index in [2.05, 4.69) is 16.9 Å². The summed E-state index contributed by atoms with van der Waals surface area (Å²) in [5.41, 5.74) is 1.77. The number of aromatic nitrogens is 2. The minimum Gasteiger partial charge on any atom is -0.294 e. The molecule has 4 heteroatoms. The molecule has 4 rings (SSSR count). The van der Waals surface area contributed by atoms with Crippen LogP contribution in [0.25, 0.3) is 10.9 Å². The number of fused-ring (bicyclic) bond motifs is 3. The molecule has 3 heterocycles. The highest BCUT2D eigenvalue weighted by molar-refractivity contribution is 8.00. The second kappa shape index (κ2) is 5.16. The molecule has 0 saturated carbocycles. The van der Waals surface area contributed by atoms with E-state index in [4.69, 9.17) is 0 Å². The van der Waals surface area contributed by atoms with Crippen molar-refractivity contribution in [3.8, 4) is 0 Å². The van der Waals surface area contributed by atoms with Gasteiger partial charge in [-0.25, -0.2) is 0 Å². The standard InChI is InChI=1S/C17H20N2OS/c1-19-10-12-6-5-11(9-16(12)18-19)17(20)13-7-14-3-2-4-15(8-13)21-14/h5-6,9-10,13-15H,2-4,7-8H2,1H3. The van der Waals surface area contributed by atoms with Crippen LogP contribution in [-0.4, -0.2) is 26.1 Å². The van der Waals surface area contributed by atoms with Crippen LogP contribution < -0.4 is 0 Å². The average Bonchev–Trinajstić information content (AvgIpc) is 2.85. The van der Waals surface area contributed by atoms with E-state index in [1.807, 2.05) is 31.4 Å². The van der Waals surface area contributed by atoms with E-state index in [-0.39, 0.29) is 5.92 Å². The Labute approximate surface area is 129 Å². The average molecular weight is 300 g/mol. The Morgan fingerprint density at radius 1 is 1.29 bits per heavy atom. The largest absolute Gasteiger partial charge is 0.294 e. The van der Waals surface area contributed by atoms with E-state index in [9.17, 15) is 4.79 Å². The van der Waals surface area contributed by atoms with Crippen molar-refractivity contribution in [1.82, 2.24) is 9.78 Å². The van der Waals surface area contributed by atoms with Crippen molar-refractivity contribution < 1.29 is 4.79 Å². The third kappa shape index (κ3) is 2.50. The van der Waals surface area contributed by atoms with Crippen LogP contribution in [0.1, 0.15) is 42.5 Å². The summed E-state index contributed by atoms with van der Waals surface area (Å²) >= 11 is 2.13. The molecule has 0 N–H and O–H groups in total. The SMILES string of the molecule is Cn1cc2ccc(C(=O)C3CC4CCCC(C3)S4)cc2n1. The van der Waals surface area contributed by atoms with Gasteiger partial charge in [0.1, 0.15) is 0 Å². The molecule has 2 aromatic rings. The number of rotatable bonds is 2. The van der Waals surface area contributed by atoms with Crippen LogP contribution in [0.2, 0.25) is 0 Å². The van der Waals surface area contributed by atoms with E-state index in [1.165, 1.54) is 19.3 Å². The lowest BCUT2D eigenvalue weighted by Crippen LogP contribution is -2.32.